The Kier molecular flexibility index (Phi) is 3.57. The van der Waals surface area contributed by atoms with Crippen molar-refractivity contribution in [2.24, 2.45) is 5.41 Å². The Bertz CT molecular complexity index is 294. The summed E-state index contributed by atoms with van der Waals surface area (Å²) >= 11 is 1.78. The number of hydrogen-bond donors (Lipinski definition) is 0. The quantitative estimate of drug-likeness (QED) is 0.561. The average Bonchev–Trinajstić information content (AvgIpc) is 2.64. The standard InChI is InChI=1S/C13H18OS/c14-11-13(7-3-1-2-4-8-13)10-12-6-5-9-15-12/h5-6,9,11H,1-4,7-8,10H2. The van der Waals surface area contributed by atoms with Gasteiger partial charge in [-0.05, 0) is 30.7 Å². The third-order valence-corrected chi connectivity index (χ3v) is 4.33. The van der Waals surface area contributed by atoms with E-state index in [1.807, 2.05) is 0 Å². The fourth-order valence-corrected chi connectivity index (χ4v) is 3.39. The van der Waals surface area contributed by atoms with Gasteiger partial charge in [-0.1, -0.05) is 31.7 Å². The number of aldehydes is 1. The van der Waals surface area contributed by atoms with Crippen LogP contribution in [0.5, 0.6) is 0 Å². The van der Waals surface area contributed by atoms with E-state index >= 15 is 0 Å². The van der Waals surface area contributed by atoms with Crippen molar-refractivity contribution in [3.05, 3.63) is 22.4 Å². The summed E-state index contributed by atoms with van der Waals surface area (Å²) < 4.78 is 0. The van der Waals surface area contributed by atoms with Crippen molar-refractivity contribution in [2.75, 3.05) is 0 Å². The molecule has 0 aromatic carbocycles. The Morgan fingerprint density at radius 2 is 2.00 bits per heavy atom. The molecule has 1 heterocycles. The maximum Gasteiger partial charge on any atom is 0.126 e. The monoisotopic (exact) mass is 222 g/mol. The van der Waals surface area contributed by atoms with Gasteiger partial charge in [0.1, 0.15) is 6.29 Å². The van der Waals surface area contributed by atoms with Crippen molar-refractivity contribution < 1.29 is 4.79 Å². The van der Waals surface area contributed by atoms with E-state index in [9.17, 15) is 4.79 Å². The second-order valence-corrected chi connectivity index (χ2v) is 5.68. The van der Waals surface area contributed by atoms with E-state index in [0.29, 0.717) is 0 Å². The zero-order valence-electron chi connectivity index (χ0n) is 9.08. The third-order valence-electron chi connectivity index (χ3n) is 3.46. The highest BCUT2D eigenvalue weighted by molar-refractivity contribution is 7.09. The first-order valence-corrected chi connectivity index (χ1v) is 6.71. The second-order valence-electron chi connectivity index (χ2n) is 4.65. The van der Waals surface area contributed by atoms with Crippen molar-refractivity contribution in [3.8, 4) is 0 Å². The van der Waals surface area contributed by atoms with Crippen molar-refractivity contribution in [1.82, 2.24) is 0 Å². The van der Waals surface area contributed by atoms with Gasteiger partial charge in [0.25, 0.3) is 0 Å². The highest BCUT2D eigenvalue weighted by Crippen LogP contribution is 2.37. The molecule has 1 aliphatic carbocycles. The smallest absolute Gasteiger partial charge is 0.126 e. The van der Waals surface area contributed by atoms with Crippen LogP contribution in [-0.4, -0.2) is 6.29 Å². The molecule has 15 heavy (non-hydrogen) atoms. The molecular formula is C13H18OS. The highest BCUT2D eigenvalue weighted by Gasteiger charge is 2.30. The fraction of sp³-hybridized carbons (Fsp3) is 0.615. The van der Waals surface area contributed by atoms with Gasteiger partial charge in [0.2, 0.25) is 0 Å². The molecule has 0 radical (unpaired) electrons. The van der Waals surface area contributed by atoms with Crippen LogP contribution in [0, 0.1) is 5.41 Å². The Morgan fingerprint density at radius 1 is 1.27 bits per heavy atom. The molecule has 0 bridgehead atoms. The molecule has 0 unspecified atom stereocenters. The van der Waals surface area contributed by atoms with E-state index in [4.69, 9.17) is 0 Å². The summed E-state index contributed by atoms with van der Waals surface area (Å²) in [6, 6.07) is 4.23. The minimum absolute atomic E-state index is 0.0403. The third kappa shape index (κ3) is 2.69. The first-order chi connectivity index (χ1) is 7.35. The van der Waals surface area contributed by atoms with Gasteiger partial charge in [-0.25, -0.2) is 0 Å². The van der Waals surface area contributed by atoms with Crippen molar-refractivity contribution in [1.29, 1.82) is 0 Å². The lowest BCUT2D eigenvalue weighted by atomic mass is 9.78. The lowest BCUT2D eigenvalue weighted by Crippen LogP contribution is -2.24. The zero-order valence-corrected chi connectivity index (χ0v) is 9.89. The molecule has 0 spiro atoms. The van der Waals surface area contributed by atoms with Crippen LogP contribution in [0.4, 0.5) is 0 Å². The molecule has 1 nitrogen and oxygen atoms in total. The molecule has 2 heteroatoms. The topological polar surface area (TPSA) is 17.1 Å². The summed E-state index contributed by atoms with van der Waals surface area (Å²) in [6.07, 6.45) is 9.45. The van der Waals surface area contributed by atoms with Gasteiger partial charge in [-0.3, -0.25) is 0 Å². The number of carbonyl (C=O) groups is 1. The molecule has 0 N–H and O–H groups in total. The van der Waals surface area contributed by atoms with E-state index in [0.717, 1.165) is 19.3 Å². The molecule has 0 saturated heterocycles. The first-order valence-electron chi connectivity index (χ1n) is 5.83. The normalized spacial score (nSPS) is 20.8. The van der Waals surface area contributed by atoms with E-state index in [1.165, 1.54) is 36.8 Å². The predicted octanol–water partition coefficient (Wildman–Crippen LogP) is 3.83. The second kappa shape index (κ2) is 4.93. The molecule has 1 saturated carbocycles. The van der Waals surface area contributed by atoms with Gasteiger partial charge < -0.3 is 4.79 Å². The van der Waals surface area contributed by atoms with Crippen molar-refractivity contribution >= 4 is 17.6 Å². The summed E-state index contributed by atoms with van der Waals surface area (Å²) in [5.41, 5.74) is -0.0403. The maximum absolute atomic E-state index is 11.4. The Morgan fingerprint density at radius 3 is 2.53 bits per heavy atom. The van der Waals surface area contributed by atoms with Crippen LogP contribution in [0.1, 0.15) is 43.4 Å². The highest BCUT2D eigenvalue weighted by atomic mass is 32.1. The Balaban J connectivity index is 2.09. The SMILES string of the molecule is O=CC1(Cc2cccs2)CCCCCC1. The molecule has 1 aromatic rings. The minimum atomic E-state index is -0.0403. The van der Waals surface area contributed by atoms with E-state index in [2.05, 4.69) is 17.5 Å². The molecule has 0 amide bonds. The van der Waals surface area contributed by atoms with Crippen LogP contribution in [0.2, 0.25) is 0 Å². The van der Waals surface area contributed by atoms with Gasteiger partial charge >= 0.3 is 0 Å². The predicted molar refractivity (Wildman–Crippen MR) is 64.2 cm³/mol. The van der Waals surface area contributed by atoms with Gasteiger partial charge in [0, 0.05) is 10.3 Å². The molecule has 0 atom stereocenters. The molecule has 0 aliphatic heterocycles. The van der Waals surface area contributed by atoms with Crippen molar-refractivity contribution in [3.63, 3.8) is 0 Å². The molecule has 1 fully saturated rings. The van der Waals surface area contributed by atoms with Crippen LogP contribution < -0.4 is 0 Å². The zero-order chi connectivity index (χ0) is 10.6. The van der Waals surface area contributed by atoms with Gasteiger partial charge in [-0.2, -0.15) is 0 Å². The van der Waals surface area contributed by atoms with Crippen LogP contribution in [0.25, 0.3) is 0 Å². The van der Waals surface area contributed by atoms with Crippen LogP contribution >= 0.6 is 11.3 Å². The number of rotatable bonds is 3. The van der Waals surface area contributed by atoms with E-state index in [-0.39, 0.29) is 5.41 Å². The molecule has 2 rings (SSSR count). The van der Waals surface area contributed by atoms with Gasteiger partial charge in [0.05, 0.1) is 0 Å². The lowest BCUT2D eigenvalue weighted by Gasteiger charge is -2.25. The maximum atomic E-state index is 11.4. The van der Waals surface area contributed by atoms with Gasteiger partial charge in [-0.15, -0.1) is 11.3 Å². The number of carbonyl (C=O) groups excluding carboxylic acids is 1. The summed E-state index contributed by atoms with van der Waals surface area (Å²) in [4.78, 5) is 12.7. The summed E-state index contributed by atoms with van der Waals surface area (Å²) in [7, 11) is 0. The van der Waals surface area contributed by atoms with Gasteiger partial charge in [0.15, 0.2) is 0 Å². The van der Waals surface area contributed by atoms with E-state index in [1.54, 1.807) is 11.3 Å². The Labute approximate surface area is 95.5 Å². The van der Waals surface area contributed by atoms with Crippen LogP contribution in [0.15, 0.2) is 17.5 Å². The minimum Gasteiger partial charge on any atom is -0.303 e. The average molecular weight is 222 g/mol. The first kappa shape index (κ1) is 10.9. The molecule has 1 aromatic heterocycles. The lowest BCUT2D eigenvalue weighted by molar-refractivity contribution is -0.116. The fourth-order valence-electron chi connectivity index (χ4n) is 2.53. The van der Waals surface area contributed by atoms with Crippen molar-refractivity contribution in [2.45, 2.75) is 44.9 Å². The summed E-state index contributed by atoms with van der Waals surface area (Å²) in [5, 5.41) is 2.10. The largest absolute Gasteiger partial charge is 0.303 e. The number of hydrogen-bond acceptors (Lipinski definition) is 2. The molecule has 82 valence electrons. The number of thiophene rings is 1. The molecule has 1 aliphatic rings. The summed E-state index contributed by atoms with van der Waals surface area (Å²) in [6.45, 7) is 0. The van der Waals surface area contributed by atoms with Crippen LogP contribution in [-0.2, 0) is 11.2 Å². The van der Waals surface area contributed by atoms with Crippen LogP contribution in [0.3, 0.4) is 0 Å². The Hall–Kier alpha value is -0.630. The van der Waals surface area contributed by atoms with E-state index < -0.39 is 0 Å². The molecular weight excluding hydrogens is 204 g/mol. The summed E-state index contributed by atoms with van der Waals surface area (Å²) in [5.74, 6) is 0.